The molecular formula is C12H15ClN2O3S2. The number of furan rings is 1. The van der Waals surface area contributed by atoms with E-state index >= 15 is 0 Å². The van der Waals surface area contributed by atoms with Crippen LogP contribution in [0.15, 0.2) is 27.5 Å². The van der Waals surface area contributed by atoms with Gasteiger partial charge in [0.25, 0.3) is 0 Å². The standard InChI is InChI=1S/C12H15ClN2O3S2/c1-8-11(5-9(18-8)6-14-2)20(16,17)15-7-10-3-4-12(13)19-10/h3-5,14-15H,6-7H2,1-2H3. The summed E-state index contributed by atoms with van der Waals surface area (Å²) in [5.41, 5.74) is 0. The van der Waals surface area contributed by atoms with Gasteiger partial charge in [-0.25, -0.2) is 13.1 Å². The van der Waals surface area contributed by atoms with E-state index in [1.165, 1.54) is 17.4 Å². The number of hydrogen-bond acceptors (Lipinski definition) is 5. The lowest BCUT2D eigenvalue weighted by atomic mass is 10.4. The Morgan fingerprint density at radius 2 is 2.10 bits per heavy atom. The molecule has 0 unspecified atom stereocenters. The van der Waals surface area contributed by atoms with Crippen molar-refractivity contribution in [2.24, 2.45) is 0 Å². The molecule has 0 aliphatic rings. The summed E-state index contributed by atoms with van der Waals surface area (Å²) in [5.74, 6) is 0.969. The van der Waals surface area contributed by atoms with Gasteiger partial charge >= 0.3 is 0 Å². The highest BCUT2D eigenvalue weighted by molar-refractivity contribution is 7.89. The van der Waals surface area contributed by atoms with Gasteiger partial charge < -0.3 is 9.73 Å². The second kappa shape index (κ2) is 6.28. The average molecular weight is 335 g/mol. The minimum atomic E-state index is -3.59. The first kappa shape index (κ1) is 15.5. The molecule has 2 aromatic heterocycles. The van der Waals surface area contributed by atoms with Gasteiger partial charge in [-0.1, -0.05) is 11.6 Å². The molecule has 20 heavy (non-hydrogen) atoms. The molecule has 0 saturated heterocycles. The summed E-state index contributed by atoms with van der Waals surface area (Å²) in [6, 6.07) is 5.07. The molecule has 0 bridgehead atoms. The number of nitrogens with one attached hydrogen (secondary N) is 2. The molecule has 0 aromatic carbocycles. The van der Waals surface area contributed by atoms with E-state index < -0.39 is 10.0 Å². The molecule has 5 nitrogen and oxygen atoms in total. The SMILES string of the molecule is CNCc1cc(S(=O)(=O)NCc2ccc(Cl)s2)c(C)o1. The van der Waals surface area contributed by atoms with Crippen LogP contribution in [0.4, 0.5) is 0 Å². The largest absolute Gasteiger partial charge is 0.464 e. The van der Waals surface area contributed by atoms with E-state index in [1.807, 2.05) is 0 Å². The van der Waals surface area contributed by atoms with E-state index in [1.54, 1.807) is 26.1 Å². The molecule has 0 spiro atoms. The summed E-state index contributed by atoms with van der Waals surface area (Å²) in [6.07, 6.45) is 0. The Bertz CT molecular complexity index is 691. The fourth-order valence-corrected chi connectivity index (χ4v) is 4.07. The van der Waals surface area contributed by atoms with Gasteiger partial charge in [0.15, 0.2) is 0 Å². The van der Waals surface area contributed by atoms with Gasteiger partial charge in [-0.15, -0.1) is 11.3 Å². The molecular weight excluding hydrogens is 320 g/mol. The zero-order chi connectivity index (χ0) is 14.8. The van der Waals surface area contributed by atoms with Gasteiger partial charge in [0, 0.05) is 17.5 Å². The molecule has 2 heterocycles. The molecule has 2 rings (SSSR count). The number of hydrogen-bond donors (Lipinski definition) is 2. The topological polar surface area (TPSA) is 71.3 Å². The van der Waals surface area contributed by atoms with Gasteiger partial charge in [0.2, 0.25) is 10.0 Å². The molecule has 0 amide bonds. The van der Waals surface area contributed by atoms with Crippen LogP contribution in [0.2, 0.25) is 4.34 Å². The summed E-state index contributed by atoms with van der Waals surface area (Å²) in [4.78, 5) is 1.03. The average Bonchev–Trinajstić information content (AvgIpc) is 2.94. The summed E-state index contributed by atoms with van der Waals surface area (Å²) >= 11 is 7.16. The van der Waals surface area contributed by atoms with Crippen LogP contribution >= 0.6 is 22.9 Å². The van der Waals surface area contributed by atoms with Crippen LogP contribution in [0.1, 0.15) is 16.4 Å². The molecule has 2 aromatic rings. The maximum Gasteiger partial charge on any atom is 0.244 e. The minimum absolute atomic E-state index is 0.172. The van der Waals surface area contributed by atoms with Crippen molar-refractivity contribution < 1.29 is 12.8 Å². The summed E-state index contributed by atoms with van der Waals surface area (Å²) in [7, 11) is -1.82. The van der Waals surface area contributed by atoms with Crippen molar-refractivity contribution in [1.29, 1.82) is 0 Å². The molecule has 0 aliphatic heterocycles. The highest BCUT2D eigenvalue weighted by Gasteiger charge is 2.21. The third-order valence-electron chi connectivity index (χ3n) is 2.63. The first-order valence-electron chi connectivity index (χ1n) is 5.90. The lowest BCUT2D eigenvalue weighted by molar-refractivity contribution is 0.465. The Morgan fingerprint density at radius 3 is 2.70 bits per heavy atom. The van der Waals surface area contributed by atoms with E-state index in [9.17, 15) is 8.42 Å². The van der Waals surface area contributed by atoms with Crippen LogP contribution in [-0.2, 0) is 23.1 Å². The lowest BCUT2D eigenvalue weighted by Crippen LogP contribution is -2.23. The second-order valence-corrected chi connectivity index (χ2v) is 7.73. The fourth-order valence-electron chi connectivity index (χ4n) is 1.74. The number of sulfonamides is 1. The van der Waals surface area contributed by atoms with Crippen LogP contribution in [0.25, 0.3) is 0 Å². The highest BCUT2D eigenvalue weighted by Crippen LogP contribution is 2.23. The van der Waals surface area contributed by atoms with Gasteiger partial charge in [-0.2, -0.15) is 0 Å². The maximum atomic E-state index is 12.2. The molecule has 0 aliphatic carbocycles. The summed E-state index contributed by atoms with van der Waals surface area (Å²) in [6.45, 7) is 2.33. The fraction of sp³-hybridized carbons (Fsp3) is 0.333. The Kier molecular flexibility index (Phi) is 4.87. The minimum Gasteiger partial charge on any atom is -0.464 e. The predicted octanol–water partition coefficient (Wildman–Crippen LogP) is 2.50. The number of aryl methyl sites for hydroxylation is 1. The van der Waals surface area contributed by atoms with E-state index in [-0.39, 0.29) is 11.4 Å². The third kappa shape index (κ3) is 3.62. The third-order valence-corrected chi connectivity index (χ3v) is 5.37. The van der Waals surface area contributed by atoms with Crippen molar-refractivity contribution in [1.82, 2.24) is 10.0 Å². The first-order chi connectivity index (χ1) is 9.42. The normalized spacial score (nSPS) is 11.9. The van der Waals surface area contributed by atoms with E-state index in [0.29, 0.717) is 22.4 Å². The predicted molar refractivity (Wildman–Crippen MR) is 79.6 cm³/mol. The van der Waals surface area contributed by atoms with Gasteiger partial charge in [0.05, 0.1) is 10.9 Å². The monoisotopic (exact) mass is 334 g/mol. The second-order valence-electron chi connectivity index (χ2n) is 4.19. The Morgan fingerprint density at radius 1 is 1.35 bits per heavy atom. The van der Waals surface area contributed by atoms with Crippen molar-refractivity contribution in [2.45, 2.75) is 24.9 Å². The van der Waals surface area contributed by atoms with Crippen LogP contribution < -0.4 is 10.0 Å². The Balaban J connectivity index is 2.13. The van der Waals surface area contributed by atoms with E-state index in [4.69, 9.17) is 16.0 Å². The van der Waals surface area contributed by atoms with Crippen LogP contribution in [0, 0.1) is 6.92 Å². The highest BCUT2D eigenvalue weighted by atomic mass is 35.5. The molecule has 0 saturated carbocycles. The van der Waals surface area contributed by atoms with Crippen LogP contribution in [-0.4, -0.2) is 15.5 Å². The van der Waals surface area contributed by atoms with E-state index in [0.717, 1.165) is 4.88 Å². The number of rotatable bonds is 6. The first-order valence-corrected chi connectivity index (χ1v) is 8.58. The van der Waals surface area contributed by atoms with Crippen molar-refractivity contribution in [2.75, 3.05) is 7.05 Å². The maximum absolute atomic E-state index is 12.2. The van der Waals surface area contributed by atoms with Crippen molar-refractivity contribution in [3.05, 3.63) is 38.9 Å². The molecule has 8 heteroatoms. The lowest BCUT2D eigenvalue weighted by Gasteiger charge is -2.03. The summed E-state index contributed by atoms with van der Waals surface area (Å²) < 4.78 is 33.0. The van der Waals surface area contributed by atoms with Crippen molar-refractivity contribution in [3.8, 4) is 0 Å². The van der Waals surface area contributed by atoms with Crippen molar-refractivity contribution >= 4 is 33.0 Å². The smallest absolute Gasteiger partial charge is 0.244 e. The summed E-state index contributed by atoms with van der Waals surface area (Å²) in [5, 5.41) is 2.91. The Hall–Kier alpha value is -0.860. The molecule has 0 radical (unpaired) electrons. The number of thiophene rings is 1. The quantitative estimate of drug-likeness (QED) is 0.851. The van der Waals surface area contributed by atoms with Gasteiger partial charge in [0.1, 0.15) is 16.4 Å². The van der Waals surface area contributed by atoms with Crippen molar-refractivity contribution in [3.63, 3.8) is 0 Å². The molecule has 2 N–H and O–H groups in total. The number of halogens is 1. The molecule has 0 fully saturated rings. The van der Waals surface area contributed by atoms with Gasteiger partial charge in [-0.3, -0.25) is 0 Å². The van der Waals surface area contributed by atoms with Crippen LogP contribution in [0.3, 0.4) is 0 Å². The molecule has 0 atom stereocenters. The van der Waals surface area contributed by atoms with E-state index in [2.05, 4.69) is 10.0 Å². The zero-order valence-electron chi connectivity index (χ0n) is 11.1. The van der Waals surface area contributed by atoms with Crippen LogP contribution in [0.5, 0.6) is 0 Å². The zero-order valence-corrected chi connectivity index (χ0v) is 13.5. The van der Waals surface area contributed by atoms with Gasteiger partial charge in [-0.05, 0) is 26.1 Å². The molecule has 110 valence electrons. The Labute approximate surface area is 127 Å².